The van der Waals surface area contributed by atoms with Gasteiger partial charge in [-0.3, -0.25) is 10.1 Å². The summed E-state index contributed by atoms with van der Waals surface area (Å²) < 4.78 is -0.260. The largest absolute Gasteiger partial charge is 0.632 e. The van der Waals surface area contributed by atoms with Crippen molar-refractivity contribution in [2.75, 3.05) is 19.8 Å². The van der Waals surface area contributed by atoms with Gasteiger partial charge in [-0.2, -0.15) is 0 Å². The van der Waals surface area contributed by atoms with Crippen LogP contribution in [0.1, 0.15) is 26.2 Å². The van der Waals surface area contributed by atoms with E-state index in [4.69, 9.17) is 5.11 Å². The molecule has 2 atom stereocenters. The summed E-state index contributed by atoms with van der Waals surface area (Å²) in [5, 5.41) is 23.7. The van der Waals surface area contributed by atoms with Gasteiger partial charge in [-0.05, 0) is 6.42 Å². The molecule has 1 heterocycles. The van der Waals surface area contributed by atoms with Crippen molar-refractivity contribution in [2.45, 2.75) is 32.2 Å². The molecule has 1 aliphatic rings. The Balaban J connectivity index is 2.47. The molecule has 0 bridgehead atoms. The third-order valence-electron chi connectivity index (χ3n) is 2.87. The zero-order valence-corrected chi connectivity index (χ0v) is 8.53. The van der Waals surface area contributed by atoms with Crippen LogP contribution in [0.2, 0.25) is 0 Å². The molecule has 5 heteroatoms. The van der Waals surface area contributed by atoms with E-state index in [1.54, 1.807) is 0 Å². The molecule has 1 aliphatic heterocycles. The van der Waals surface area contributed by atoms with Crippen molar-refractivity contribution in [3.05, 3.63) is 5.21 Å². The molecule has 0 aromatic rings. The predicted molar refractivity (Wildman–Crippen MR) is 52.3 cm³/mol. The lowest BCUT2D eigenvalue weighted by molar-refractivity contribution is -0.894. The van der Waals surface area contributed by atoms with Crippen LogP contribution in [0.5, 0.6) is 0 Å². The van der Waals surface area contributed by atoms with Crippen molar-refractivity contribution < 1.29 is 14.5 Å². The Morgan fingerprint density at radius 2 is 2.43 bits per heavy atom. The number of hydroxylamine groups is 3. The summed E-state index contributed by atoms with van der Waals surface area (Å²) in [5.41, 5.74) is 0. The maximum absolute atomic E-state index is 12.1. The van der Waals surface area contributed by atoms with Gasteiger partial charge < -0.3 is 15.0 Å². The number of carboxylic acid groups (broad SMARTS) is 1. The highest BCUT2D eigenvalue weighted by atomic mass is 16.6. The Morgan fingerprint density at radius 3 is 2.86 bits per heavy atom. The highest BCUT2D eigenvalue weighted by Gasteiger charge is 2.30. The van der Waals surface area contributed by atoms with Gasteiger partial charge in [0.15, 0.2) is 0 Å². The highest BCUT2D eigenvalue weighted by Crippen LogP contribution is 2.20. The molecule has 0 amide bonds. The highest BCUT2D eigenvalue weighted by molar-refractivity contribution is 5.66. The number of nitrogens with one attached hydrogen (secondary N) is 1. The van der Waals surface area contributed by atoms with Crippen molar-refractivity contribution >= 4 is 5.97 Å². The fourth-order valence-electron chi connectivity index (χ4n) is 1.99. The predicted octanol–water partition coefficient (Wildman–Crippen LogP) is 0.505. The first kappa shape index (κ1) is 11.4. The van der Waals surface area contributed by atoms with Gasteiger partial charge in [0.25, 0.3) is 0 Å². The lowest BCUT2D eigenvalue weighted by Gasteiger charge is -2.44. The third-order valence-corrected chi connectivity index (χ3v) is 2.87. The number of hydrogen-bond donors (Lipinski definition) is 2. The van der Waals surface area contributed by atoms with Gasteiger partial charge in [-0.15, -0.1) is 0 Å². The summed E-state index contributed by atoms with van der Waals surface area (Å²) >= 11 is 0. The van der Waals surface area contributed by atoms with Gasteiger partial charge in [0.2, 0.25) is 0 Å². The van der Waals surface area contributed by atoms with Crippen LogP contribution >= 0.6 is 0 Å². The third kappa shape index (κ3) is 2.67. The van der Waals surface area contributed by atoms with Crippen LogP contribution in [0.3, 0.4) is 0 Å². The molecule has 0 spiro atoms. The van der Waals surface area contributed by atoms with Crippen molar-refractivity contribution in [3.8, 4) is 0 Å². The monoisotopic (exact) mass is 202 g/mol. The standard InChI is InChI=1S/C9H18N2O3/c1-2-8(3-4-9(12)13)11(14)6-5-10-7-11/h8,10H,2-7H2,1H3,(H,12,13). The first-order chi connectivity index (χ1) is 6.58. The Kier molecular flexibility index (Phi) is 3.86. The number of aliphatic carboxylic acids is 1. The zero-order chi connectivity index (χ0) is 10.6. The van der Waals surface area contributed by atoms with Crippen molar-refractivity contribution in [1.29, 1.82) is 0 Å². The molecule has 14 heavy (non-hydrogen) atoms. The maximum Gasteiger partial charge on any atom is 0.303 e. The Bertz CT molecular complexity index is 202. The van der Waals surface area contributed by atoms with Gasteiger partial charge in [-0.1, -0.05) is 6.92 Å². The van der Waals surface area contributed by atoms with Crippen LogP contribution in [-0.4, -0.2) is 41.5 Å². The van der Waals surface area contributed by atoms with E-state index in [9.17, 15) is 10.0 Å². The first-order valence-corrected chi connectivity index (χ1v) is 5.09. The molecule has 1 saturated heterocycles. The normalized spacial score (nSPS) is 29.0. The summed E-state index contributed by atoms with van der Waals surface area (Å²) in [4.78, 5) is 10.4. The van der Waals surface area contributed by atoms with Crippen LogP contribution in [0.4, 0.5) is 0 Å². The van der Waals surface area contributed by atoms with Crippen LogP contribution in [0.15, 0.2) is 0 Å². The number of quaternary nitrogens is 1. The Labute approximate surface area is 83.9 Å². The lowest BCUT2D eigenvalue weighted by Crippen LogP contribution is -2.49. The van der Waals surface area contributed by atoms with Gasteiger partial charge in [-0.25, -0.2) is 0 Å². The number of carboxylic acids is 1. The quantitative estimate of drug-likeness (QED) is 0.503. The second-order valence-electron chi connectivity index (χ2n) is 3.83. The van der Waals surface area contributed by atoms with E-state index >= 15 is 0 Å². The SMILES string of the molecule is CCC(CCC(=O)O)[N+]1([O-])CCNC1. The Hall–Kier alpha value is -0.650. The molecular formula is C9H18N2O3. The molecular weight excluding hydrogens is 184 g/mol. The minimum Gasteiger partial charge on any atom is -0.632 e. The average Bonchev–Trinajstić information content (AvgIpc) is 2.53. The minimum absolute atomic E-state index is 0.0684. The topological polar surface area (TPSA) is 72.4 Å². The van der Waals surface area contributed by atoms with Gasteiger partial charge in [0.1, 0.15) is 6.67 Å². The molecule has 5 nitrogen and oxygen atoms in total. The average molecular weight is 202 g/mol. The van der Waals surface area contributed by atoms with Crippen LogP contribution in [-0.2, 0) is 4.79 Å². The fourth-order valence-corrected chi connectivity index (χ4v) is 1.99. The molecule has 0 radical (unpaired) electrons. The van der Waals surface area contributed by atoms with E-state index in [0.717, 1.165) is 13.0 Å². The molecule has 0 aromatic heterocycles. The summed E-state index contributed by atoms with van der Waals surface area (Å²) in [7, 11) is 0. The fraction of sp³-hybridized carbons (Fsp3) is 0.889. The second-order valence-corrected chi connectivity index (χ2v) is 3.83. The Morgan fingerprint density at radius 1 is 1.71 bits per heavy atom. The van der Waals surface area contributed by atoms with Crippen molar-refractivity contribution in [3.63, 3.8) is 0 Å². The smallest absolute Gasteiger partial charge is 0.303 e. The van der Waals surface area contributed by atoms with E-state index in [-0.39, 0.29) is 17.1 Å². The van der Waals surface area contributed by atoms with E-state index in [1.807, 2.05) is 6.92 Å². The minimum atomic E-state index is -0.817. The molecule has 0 aromatic carbocycles. The van der Waals surface area contributed by atoms with E-state index in [1.165, 1.54) is 0 Å². The maximum atomic E-state index is 12.1. The molecule has 0 aliphatic carbocycles. The molecule has 0 saturated carbocycles. The molecule has 1 fully saturated rings. The van der Waals surface area contributed by atoms with Crippen LogP contribution in [0, 0.1) is 5.21 Å². The summed E-state index contributed by atoms with van der Waals surface area (Å²) in [6.45, 7) is 3.69. The number of nitrogens with zero attached hydrogens (tertiary/aromatic N) is 1. The molecule has 2 unspecified atom stereocenters. The summed E-state index contributed by atoms with van der Waals surface area (Å²) in [6, 6.07) is -0.0684. The summed E-state index contributed by atoms with van der Waals surface area (Å²) in [6.07, 6.45) is 1.33. The second kappa shape index (κ2) is 4.72. The number of hydrogen-bond acceptors (Lipinski definition) is 3. The number of rotatable bonds is 5. The van der Waals surface area contributed by atoms with Crippen molar-refractivity contribution in [2.24, 2.45) is 0 Å². The first-order valence-electron chi connectivity index (χ1n) is 5.09. The zero-order valence-electron chi connectivity index (χ0n) is 8.53. The molecule has 1 rings (SSSR count). The van der Waals surface area contributed by atoms with Gasteiger partial charge in [0, 0.05) is 6.42 Å². The van der Waals surface area contributed by atoms with Crippen LogP contribution < -0.4 is 5.32 Å². The molecule has 82 valence electrons. The lowest BCUT2D eigenvalue weighted by atomic mass is 10.1. The van der Waals surface area contributed by atoms with E-state index < -0.39 is 5.97 Å². The van der Waals surface area contributed by atoms with Gasteiger partial charge >= 0.3 is 5.97 Å². The molecule has 2 N–H and O–H groups in total. The van der Waals surface area contributed by atoms with E-state index in [0.29, 0.717) is 19.6 Å². The number of carbonyl (C=O) groups is 1. The van der Waals surface area contributed by atoms with Gasteiger partial charge in [0.05, 0.1) is 25.6 Å². The van der Waals surface area contributed by atoms with Crippen LogP contribution in [0.25, 0.3) is 0 Å². The van der Waals surface area contributed by atoms with Crippen molar-refractivity contribution in [1.82, 2.24) is 5.32 Å². The summed E-state index contributed by atoms with van der Waals surface area (Å²) in [5.74, 6) is -0.817. The van der Waals surface area contributed by atoms with E-state index in [2.05, 4.69) is 5.32 Å².